The lowest BCUT2D eigenvalue weighted by Crippen LogP contribution is -2.07. The number of halogens is 1. The van der Waals surface area contributed by atoms with Gasteiger partial charge in [0, 0.05) is 6.54 Å². The highest BCUT2D eigenvalue weighted by Crippen LogP contribution is 2.29. The molecule has 8 heteroatoms. The van der Waals surface area contributed by atoms with Gasteiger partial charge >= 0.3 is 0 Å². The number of hydrogen-bond donors (Lipinski definition) is 1. The van der Waals surface area contributed by atoms with Crippen LogP contribution in [-0.2, 0) is 6.54 Å². The van der Waals surface area contributed by atoms with Gasteiger partial charge < -0.3 is 0 Å². The molecule has 0 saturated carbocycles. The van der Waals surface area contributed by atoms with Gasteiger partial charge in [0.1, 0.15) is 5.82 Å². The van der Waals surface area contributed by atoms with Crippen LogP contribution in [0.1, 0.15) is 13.8 Å². The van der Waals surface area contributed by atoms with Crippen LogP contribution in [0, 0.1) is 26.6 Å². The van der Waals surface area contributed by atoms with E-state index in [0.717, 1.165) is 6.07 Å². The Hall–Kier alpha value is -2.09. The first-order valence-electron chi connectivity index (χ1n) is 5.99. The Kier molecular flexibility index (Phi) is 3.93. The molecule has 2 aromatic rings. The molecule has 0 saturated heterocycles. The molecule has 6 nitrogen and oxygen atoms in total. The van der Waals surface area contributed by atoms with Crippen molar-refractivity contribution in [1.29, 1.82) is 0 Å². The van der Waals surface area contributed by atoms with Crippen molar-refractivity contribution in [2.75, 3.05) is 0 Å². The number of benzene rings is 1. The minimum Gasteiger partial charge on any atom is -0.300 e. The Morgan fingerprint density at radius 1 is 1.55 bits per heavy atom. The number of nitrogens with zero attached hydrogens (tertiary/aromatic N) is 3. The molecule has 0 radical (unpaired) electrons. The molecule has 0 aliphatic heterocycles. The van der Waals surface area contributed by atoms with E-state index in [9.17, 15) is 14.5 Å². The van der Waals surface area contributed by atoms with Crippen molar-refractivity contribution in [3.05, 3.63) is 38.9 Å². The molecule has 0 spiro atoms. The molecule has 0 unspecified atom stereocenters. The molecule has 1 aromatic carbocycles. The molecule has 1 N–H and O–H groups in total. The zero-order valence-electron chi connectivity index (χ0n) is 11.0. The van der Waals surface area contributed by atoms with E-state index in [1.165, 1.54) is 12.1 Å². The van der Waals surface area contributed by atoms with Gasteiger partial charge in [-0.2, -0.15) is 5.10 Å². The van der Waals surface area contributed by atoms with Gasteiger partial charge in [-0.15, -0.1) is 0 Å². The summed E-state index contributed by atoms with van der Waals surface area (Å²) in [6.45, 7) is 4.56. The van der Waals surface area contributed by atoms with Crippen LogP contribution >= 0.6 is 12.2 Å². The minimum absolute atomic E-state index is 0.240. The molecule has 0 aliphatic carbocycles. The number of hydrogen-bond acceptors (Lipinski definition) is 4. The first-order chi connectivity index (χ1) is 9.40. The summed E-state index contributed by atoms with van der Waals surface area (Å²) in [6, 6.07) is 3.39. The zero-order valence-corrected chi connectivity index (χ0v) is 11.8. The van der Waals surface area contributed by atoms with Gasteiger partial charge in [0.25, 0.3) is 5.69 Å². The van der Waals surface area contributed by atoms with E-state index in [0.29, 0.717) is 17.1 Å². The summed E-state index contributed by atoms with van der Waals surface area (Å²) in [5.74, 6) is -0.0297. The standard InChI is InChI=1S/C12H13FN4O2S/c1-7(2)6-16-11(14-15-12(16)20)9-4-3-8(13)5-10(9)17(18)19/h3-5,7H,6H2,1-2H3,(H,15,20). The zero-order chi connectivity index (χ0) is 14.9. The van der Waals surface area contributed by atoms with E-state index in [4.69, 9.17) is 12.2 Å². The third-order valence-electron chi connectivity index (χ3n) is 2.70. The van der Waals surface area contributed by atoms with Crippen LogP contribution in [0.4, 0.5) is 10.1 Å². The van der Waals surface area contributed by atoms with Crippen LogP contribution in [0.3, 0.4) is 0 Å². The lowest BCUT2D eigenvalue weighted by Gasteiger charge is -2.09. The Morgan fingerprint density at radius 3 is 2.85 bits per heavy atom. The van der Waals surface area contributed by atoms with Crippen molar-refractivity contribution in [2.24, 2.45) is 5.92 Å². The Labute approximate surface area is 119 Å². The normalized spacial score (nSPS) is 11.0. The van der Waals surface area contributed by atoms with Gasteiger partial charge in [-0.3, -0.25) is 19.8 Å². The van der Waals surface area contributed by atoms with Gasteiger partial charge in [0.15, 0.2) is 10.6 Å². The van der Waals surface area contributed by atoms with E-state index < -0.39 is 10.7 Å². The quantitative estimate of drug-likeness (QED) is 0.533. The summed E-state index contributed by atoms with van der Waals surface area (Å²) in [6.07, 6.45) is 0. The average Bonchev–Trinajstić information content (AvgIpc) is 2.70. The summed E-state index contributed by atoms with van der Waals surface area (Å²) in [5, 5.41) is 17.7. The van der Waals surface area contributed by atoms with E-state index in [1.54, 1.807) is 4.57 Å². The van der Waals surface area contributed by atoms with Crippen LogP contribution in [0.5, 0.6) is 0 Å². The van der Waals surface area contributed by atoms with E-state index in [-0.39, 0.29) is 17.2 Å². The minimum atomic E-state index is -0.662. The summed E-state index contributed by atoms with van der Waals surface area (Å²) in [7, 11) is 0. The lowest BCUT2D eigenvalue weighted by atomic mass is 10.1. The molecule has 0 fully saturated rings. The number of aromatic nitrogens is 3. The smallest absolute Gasteiger partial charge is 0.283 e. The van der Waals surface area contributed by atoms with Crippen molar-refractivity contribution in [2.45, 2.75) is 20.4 Å². The Morgan fingerprint density at radius 2 is 2.25 bits per heavy atom. The van der Waals surface area contributed by atoms with Crippen LogP contribution in [0.15, 0.2) is 18.2 Å². The monoisotopic (exact) mass is 296 g/mol. The van der Waals surface area contributed by atoms with Gasteiger partial charge in [-0.1, -0.05) is 13.8 Å². The average molecular weight is 296 g/mol. The van der Waals surface area contributed by atoms with Crippen molar-refractivity contribution in [3.63, 3.8) is 0 Å². The first-order valence-corrected chi connectivity index (χ1v) is 6.40. The third-order valence-corrected chi connectivity index (χ3v) is 3.02. The van der Waals surface area contributed by atoms with Crippen molar-refractivity contribution >= 4 is 17.9 Å². The summed E-state index contributed by atoms with van der Waals surface area (Å²) in [5.41, 5.74) is -0.0894. The number of nitrogens with one attached hydrogen (secondary N) is 1. The summed E-state index contributed by atoms with van der Waals surface area (Å²) >= 11 is 5.13. The maximum atomic E-state index is 13.2. The second-order valence-corrected chi connectivity index (χ2v) is 5.16. The highest BCUT2D eigenvalue weighted by atomic mass is 32.1. The SMILES string of the molecule is CC(C)Cn1c(-c2ccc(F)cc2[N+](=O)[O-])n[nH]c1=S. The molecular weight excluding hydrogens is 283 g/mol. The summed E-state index contributed by atoms with van der Waals surface area (Å²) in [4.78, 5) is 10.4. The highest BCUT2D eigenvalue weighted by Gasteiger charge is 2.21. The fraction of sp³-hybridized carbons (Fsp3) is 0.333. The largest absolute Gasteiger partial charge is 0.300 e. The molecule has 1 heterocycles. The first kappa shape index (κ1) is 14.3. The highest BCUT2D eigenvalue weighted by molar-refractivity contribution is 7.71. The van der Waals surface area contributed by atoms with Gasteiger partial charge in [-0.05, 0) is 30.3 Å². The maximum absolute atomic E-state index is 13.2. The van der Waals surface area contributed by atoms with Gasteiger partial charge in [-0.25, -0.2) is 4.39 Å². The van der Waals surface area contributed by atoms with E-state index in [2.05, 4.69) is 10.2 Å². The number of nitro groups is 1. The number of aromatic amines is 1. The molecule has 0 amide bonds. The van der Waals surface area contributed by atoms with Crippen LogP contribution in [-0.4, -0.2) is 19.7 Å². The number of nitro benzene ring substituents is 1. The molecule has 20 heavy (non-hydrogen) atoms. The molecular formula is C12H13FN4O2S. The predicted molar refractivity (Wildman–Crippen MR) is 74.3 cm³/mol. The molecule has 0 atom stereocenters. The lowest BCUT2D eigenvalue weighted by molar-refractivity contribution is -0.384. The van der Waals surface area contributed by atoms with Crippen LogP contribution < -0.4 is 0 Å². The predicted octanol–water partition coefficient (Wildman–Crippen LogP) is 3.31. The molecule has 0 bridgehead atoms. The van der Waals surface area contributed by atoms with E-state index >= 15 is 0 Å². The third kappa shape index (κ3) is 2.74. The topological polar surface area (TPSA) is 76.8 Å². The maximum Gasteiger partial charge on any atom is 0.283 e. The second-order valence-electron chi connectivity index (χ2n) is 4.78. The van der Waals surface area contributed by atoms with Crippen molar-refractivity contribution in [1.82, 2.24) is 14.8 Å². The molecule has 106 valence electrons. The van der Waals surface area contributed by atoms with Crippen molar-refractivity contribution in [3.8, 4) is 11.4 Å². The molecule has 0 aliphatic rings. The fourth-order valence-electron chi connectivity index (χ4n) is 1.90. The van der Waals surface area contributed by atoms with Gasteiger partial charge in [0.05, 0.1) is 16.6 Å². The number of rotatable bonds is 4. The van der Waals surface area contributed by atoms with Crippen molar-refractivity contribution < 1.29 is 9.31 Å². The Bertz CT molecular complexity index is 708. The van der Waals surface area contributed by atoms with Crippen LogP contribution in [0.2, 0.25) is 0 Å². The molecule has 1 aromatic heterocycles. The summed E-state index contributed by atoms with van der Waals surface area (Å²) < 4.78 is 15.2. The fourth-order valence-corrected chi connectivity index (χ4v) is 2.11. The molecule has 2 rings (SSSR count). The van der Waals surface area contributed by atoms with Crippen LogP contribution in [0.25, 0.3) is 11.4 Å². The number of H-pyrrole nitrogens is 1. The van der Waals surface area contributed by atoms with Gasteiger partial charge in [0.2, 0.25) is 0 Å². The van der Waals surface area contributed by atoms with E-state index in [1.807, 2.05) is 13.8 Å². The second kappa shape index (κ2) is 5.49. The Balaban J connectivity index is 2.63.